The lowest BCUT2D eigenvalue weighted by atomic mass is 10.2. The van der Waals surface area contributed by atoms with Crippen molar-refractivity contribution in [3.63, 3.8) is 0 Å². The van der Waals surface area contributed by atoms with Gasteiger partial charge in [-0.25, -0.2) is 14.3 Å². The molecule has 0 aliphatic carbocycles. The number of imidazole rings is 1. The van der Waals surface area contributed by atoms with E-state index >= 15 is 0 Å². The molecule has 0 spiro atoms. The predicted octanol–water partition coefficient (Wildman–Crippen LogP) is 2.65. The molecule has 176 valence electrons. The maximum Gasteiger partial charge on any atom is 0.333 e. The lowest BCUT2D eigenvalue weighted by molar-refractivity contribution is -0.116. The van der Waals surface area contributed by atoms with E-state index in [4.69, 9.17) is 16.3 Å². The average molecular weight is 482 g/mol. The Kier molecular flexibility index (Phi) is 6.95. The number of aryl methyl sites for hydroxylation is 1. The first-order valence-electron chi connectivity index (χ1n) is 10.7. The van der Waals surface area contributed by atoms with Crippen LogP contribution in [0.5, 0.6) is 0 Å². The third kappa shape index (κ3) is 4.80. The summed E-state index contributed by atoms with van der Waals surface area (Å²) >= 11 is 6.14. The van der Waals surface area contributed by atoms with Gasteiger partial charge in [-0.15, -0.1) is 0 Å². The molecule has 0 aliphatic rings. The van der Waals surface area contributed by atoms with Gasteiger partial charge < -0.3 is 14.6 Å². The number of carbonyl (C=O) groups is 1. The highest BCUT2D eigenvalue weighted by atomic mass is 35.5. The molecule has 34 heavy (non-hydrogen) atoms. The number of hydrogen-bond donors (Lipinski definition) is 1. The van der Waals surface area contributed by atoms with E-state index in [1.54, 1.807) is 29.9 Å². The van der Waals surface area contributed by atoms with E-state index in [1.807, 2.05) is 37.3 Å². The van der Waals surface area contributed by atoms with Crippen LogP contribution in [0.2, 0.25) is 5.02 Å². The first-order valence-corrected chi connectivity index (χ1v) is 11.0. The lowest BCUT2D eigenvalue weighted by Crippen LogP contribution is -2.43. The number of nitrogens with zero attached hydrogens (tertiary/aromatic N) is 4. The summed E-state index contributed by atoms with van der Waals surface area (Å²) in [6, 6.07) is 14.5. The number of carbonyl (C=O) groups excluding carboxylic acids is 1. The molecule has 0 fully saturated rings. The molecule has 1 amide bonds. The lowest BCUT2D eigenvalue weighted by Gasteiger charge is -2.13. The van der Waals surface area contributed by atoms with E-state index in [0.717, 1.165) is 15.7 Å². The van der Waals surface area contributed by atoms with Crippen LogP contribution in [0, 0.1) is 6.92 Å². The SMILES string of the molecule is COCCn1cnc2c1c(=O)n(CC(=O)Nc1ccc(C)c(Cl)c1)c(=O)n2Cc1ccccc1. The minimum atomic E-state index is -0.615. The Morgan fingerprint density at radius 3 is 2.59 bits per heavy atom. The summed E-state index contributed by atoms with van der Waals surface area (Å²) in [6.07, 6.45) is 1.50. The van der Waals surface area contributed by atoms with Gasteiger partial charge in [-0.1, -0.05) is 48.0 Å². The molecule has 2 heterocycles. The highest BCUT2D eigenvalue weighted by Crippen LogP contribution is 2.20. The van der Waals surface area contributed by atoms with Crippen LogP contribution in [0.1, 0.15) is 11.1 Å². The van der Waals surface area contributed by atoms with E-state index in [-0.39, 0.29) is 17.7 Å². The molecule has 0 atom stereocenters. The third-order valence-electron chi connectivity index (χ3n) is 5.46. The molecular weight excluding hydrogens is 458 g/mol. The maximum atomic E-state index is 13.4. The number of benzene rings is 2. The number of fused-ring (bicyclic) bond motifs is 1. The zero-order valence-corrected chi connectivity index (χ0v) is 19.6. The summed E-state index contributed by atoms with van der Waals surface area (Å²) < 4.78 is 9.11. The molecule has 0 saturated carbocycles. The van der Waals surface area contributed by atoms with Gasteiger partial charge in [0, 0.05) is 24.4 Å². The minimum Gasteiger partial charge on any atom is -0.383 e. The van der Waals surface area contributed by atoms with Gasteiger partial charge in [0.2, 0.25) is 5.91 Å². The third-order valence-corrected chi connectivity index (χ3v) is 5.87. The maximum absolute atomic E-state index is 13.4. The van der Waals surface area contributed by atoms with Gasteiger partial charge >= 0.3 is 5.69 Å². The van der Waals surface area contributed by atoms with Crippen molar-refractivity contribution in [1.29, 1.82) is 0 Å². The van der Waals surface area contributed by atoms with Crippen LogP contribution in [-0.4, -0.2) is 38.3 Å². The van der Waals surface area contributed by atoms with Gasteiger partial charge in [-0.05, 0) is 30.2 Å². The van der Waals surface area contributed by atoms with Crippen LogP contribution < -0.4 is 16.6 Å². The number of ether oxygens (including phenoxy) is 1. The van der Waals surface area contributed by atoms with Crippen LogP contribution in [-0.2, 0) is 29.2 Å². The average Bonchev–Trinajstić information content (AvgIpc) is 3.25. The summed E-state index contributed by atoms with van der Waals surface area (Å²) in [6.45, 7) is 2.33. The summed E-state index contributed by atoms with van der Waals surface area (Å²) in [7, 11) is 1.56. The van der Waals surface area contributed by atoms with Gasteiger partial charge in [0.25, 0.3) is 5.56 Å². The molecular formula is C24H24ClN5O4. The highest BCUT2D eigenvalue weighted by molar-refractivity contribution is 6.31. The Bertz CT molecular complexity index is 1460. The topological polar surface area (TPSA) is 100 Å². The van der Waals surface area contributed by atoms with E-state index in [1.165, 1.54) is 10.9 Å². The second-order valence-corrected chi connectivity index (χ2v) is 8.27. The standard InChI is InChI=1S/C24H24ClN5O4/c1-16-8-9-18(12-19(16)25)27-20(31)14-30-23(32)21-22(26-15-28(21)10-11-34-2)29(24(30)33)13-17-6-4-3-5-7-17/h3-9,12,15H,10-11,13-14H2,1-2H3,(H,27,31). The number of rotatable bonds is 8. The second kappa shape index (κ2) is 10.1. The fourth-order valence-corrected chi connectivity index (χ4v) is 3.84. The van der Waals surface area contributed by atoms with Crippen molar-refractivity contribution >= 4 is 34.4 Å². The molecule has 0 aliphatic heterocycles. The summed E-state index contributed by atoms with van der Waals surface area (Å²) in [4.78, 5) is 43.8. The molecule has 4 aromatic rings. The van der Waals surface area contributed by atoms with Crippen molar-refractivity contribution in [1.82, 2.24) is 18.7 Å². The number of methoxy groups -OCH3 is 1. The highest BCUT2D eigenvalue weighted by Gasteiger charge is 2.20. The summed E-state index contributed by atoms with van der Waals surface area (Å²) in [5, 5.41) is 3.20. The number of anilines is 1. The summed E-state index contributed by atoms with van der Waals surface area (Å²) in [5.41, 5.74) is 1.50. The van der Waals surface area contributed by atoms with Crippen molar-refractivity contribution in [2.75, 3.05) is 19.0 Å². The smallest absolute Gasteiger partial charge is 0.333 e. The van der Waals surface area contributed by atoms with Gasteiger partial charge in [0.05, 0.1) is 19.5 Å². The first kappa shape index (κ1) is 23.5. The van der Waals surface area contributed by atoms with Crippen molar-refractivity contribution in [2.45, 2.75) is 26.6 Å². The van der Waals surface area contributed by atoms with Crippen LogP contribution in [0.15, 0.2) is 64.4 Å². The quantitative estimate of drug-likeness (QED) is 0.417. The predicted molar refractivity (Wildman–Crippen MR) is 130 cm³/mol. The van der Waals surface area contributed by atoms with Crippen molar-refractivity contribution < 1.29 is 9.53 Å². The van der Waals surface area contributed by atoms with Gasteiger partial charge in [-0.3, -0.25) is 14.2 Å². The van der Waals surface area contributed by atoms with Gasteiger partial charge in [0.1, 0.15) is 6.54 Å². The van der Waals surface area contributed by atoms with E-state index in [2.05, 4.69) is 10.3 Å². The fraction of sp³-hybridized carbons (Fsp3) is 0.250. The van der Waals surface area contributed by atoms with Crippen molar-refractivity contribution in [3.05, 3.63) is 91.8 Å². The molecule has 0 radical (unpaired) electrons. The van der Waals surface area contributed by atoms with Crippen molar-refractivity contribution in [2.24, 2.45) is 0 Å². The normalized spacial score (nSPS) is 11.1. The number of nitrogens with one attached hydrogen (secondary N) is 1. The van der Waals surface area contributed by atoms with E-state index < -0.39 is 23.7 Å². The molecule has 1 N–H and O–H groups in total. The number of amides is 1. The van der Waals surface area contributed by atoms with Gasteiger partial charge in [-0.2, -0.15) is 0 Å². The Hall–Kier alpha value is -3.69. The monoisotopic (exact) mass is 481 g/mol. The van der Waals surface area contributed by atoms with Crippen LogP contribution in [0.4, 0.5) is 5.69 Å². The Balaban J connectivity index is 1.76. The minimum absolute atomic E-state index is 0.201. The van der Waals surface area contributed by atoms with Crippen LogP contribution in [0.25, 0.3) is 11.2 Å². The number of hydrogen-bond acceptors (Lipinski definition) is 5. The second-order valence-electron chi connectivity index (χ2n) is 7.86. The number of halogens is 1. The molecule has 4 rings (SSSR count). The molecule has 0 bridgehead atoms. The van der Waals surface area contributed by atoms with E-state index in [9.17, 15) is 14.4 Å². The molecule has 0 unspecified atom stereocenters. The molecule has 10 heteroatoms. The Labute approximate surface area is 200 Å². The summed E-state index contributed by atoms with van der Waals surface area (Å²) in [5.74, 6) is -0.521. The molecule has 2 aromatic carbocycles. The Morgan fingerprint density at radius 2 is 1.88 bits per heavy atom. The largest absolute Gasteiger partial charge is 0.383 e. The van der Waals surface area contributed by atoms with E-state index in [0.29, 0.717) is 23.9 Å². The molecule has 9 nitrogen and oxygen atoms in total. The fourth-order valence-electron chi connectivity index (χ4n) is 3.66. The van der Waals surface area contributed by atoms with Crippen LogP contribution in [0.3, 0.4) is 0 Å². The van der Waals surface area contributed by atoms with Crippen LogP contribution >= 0.6 is 11.6 Å². The molecule has 0 saturated heterocycles. The zero-order valence-electron chi connectivity index (χ0n) is 18.8. The number of aromatic nitrogens is 4. The van der Waals surface area contributed by atoms with Gasteiger partial charge in [0.15, 0.2) is 11.2 Å². The Morgan fingerprint density at radius 1 is 1.12 bits per heavy atom. The van der Waals surface area contributed by atoms with Crippen molar-refractivity contribution in [3.8, 4) is 0 Å². The molecule has 2 aromatic heterocycles. The zero-order chi connectivity index (χ0) is 24.2. The first-order chi connectivity index (χ1) is 16.4.